The van der Waals surface area contributed by atoms with E-state index in [4.69, 9.17) is 0 Å². The molecule has 0 aliphatic heterocycles. The average Bonchev–Trinajstić information content (AvgIpc) is 3.28. The molecular formula is C24H29N3O2. The fourth-order valence-electron chi connectivity index (χ4n) is 4.39. The molecule has 4 rings (SSSR count). The number of hydrogen-bond donors (Lipinski definition) is 3. The Morgan fingerprint density at radius 1 is 1.14 bits per heavy atom. The minimum absolute atomic E-state index is 0.00177. The van der Waals surface area contributed by atoms with Gasteiger partial charge in [-0.15, -0.1) is 0 Å². The zero-order valence-electron chi connectivity index (χ0n) is 17.1. The number of rotatable bonds is 5. The summed E-state index contributed by atoms with van der Waals surface area (Å²) in [4.78, 5) is 19.9. The second-order valence-electron chi connectivity index (χ2n) is 8.46. The summed E-state index contributed by atoms with van der Waals surface area (Å²) in [5, 5.41) is 16.6. The minimum atomic E-state index is -1.18. The van der Waals surface area contributed by atoms with E-state index in [0.717, 1.165) is 29.2 Å². The molecule has 5 nitrogen and oxygen atoms in total. The van der Waals surface area contributed by atoms with Gasteiger partial charge in [-0.2, -0.15) is 0 Å². The molecule has 1 aliphatic rings. The van der Waals surface area contributed by atoms with Crippen molar-refractivity contribution in [2.45, 2.75) is 57.6 Å². The van der Waals surface area contributed by atoms with Gasteiger partial charge in [0.1, 0.15) is 5.60 Å². The summed E-state index contributed by atoms with van der Waals surface area (Å²) in [5.74, 6) is -0.0538. The molecule has 1 aliphatic carbocycles. The predicted octanol–water partition coefficient (Wildman–Crippen LogP) is 4.52. The molecule has 1 heterocycles. The van der Waals surface area contributed by atoms with E-state index in [1.807, 2.05) is 50.2 Å². The van der Waals surface area contributed by atoms with E-state index in [2.05, 4.69) is 15.3 Å². The fourth-order valence-corrected chi connectivity index (χ4v) is 4.39. The number of carbonyl (C=O) groups excluding carboxylic acids is 1. The number of benzene rings is 2. The number of fused-ring (bicyclic) bond motifs is 1. The lowest BCUT2D eigenvalue weighted by Gasteiger charge is -2.31. The molecule has 1 saturated carbocycles. The highest BCUT2D eigenvalue weighted by Gasteiger charge is 2.37. The summed E-state index contributed by atoms with van der Waals surface area (Å²) in [7, 11) is 0. The molecule has 1 fully saturated rings. The summed E-state index contributed by atoms with van der Waals surface area (Å²) in [6.45, 7) is 3.97. The summed E-state index contributed by atoms with van der Waals surface area (Å²) in [6, 6.07) is 12.0. The number of hydrogen-bond acceptors (Lipinski definition) is 3. The molecule has 3 aromatic rings. The number of imidazole rings is 1. The van der Waals surface area contributed by atoms with Crippen LogP contribution >= 0.6 is 0 Å². The topological polar surface area (TPSA) is 78.0 Å². The van der Waals surface area contributed by atoms with Crippen LogP contribution in [0.3, 0.4) is 0 Å². The van der Waals surface area contributed by atoms with Crippen LogP contribution in [-0.2, 0) is 5.60 Å². The van der Waals surface area contributed by atoms with Crippen LogP contribution in [0.2, 0.25) is 0 Å². The van der Waals surface area contributed by atoms with Gasteiger partial charge in [0.25, 0.3) is 5.91 Å². The third-order valence-electron chi connectivity index (χ3n) is 6.21. The van der Waals surface area contributed by atoms with Gasteiger partial charge in [0.15, 0.2) is 0 Å². The van der Waals surface area contributed by atoms with Crippen molar-refractivity contribution in [2.75, 3.05) is 0 Å². The Morgan fingerprint density at radius 2 is 1.86 bits per heavy atom. The standard InChI is InChI=1S/C24H29N3O2/c1-16(2)24(29,22-14-25-15-26-22)20-11-10-17-12-19(9-8-18(17)13-20)23(28)27-21-6-4-3-5-7-21/h8-16,21,29H,3-7H2,1-2H3,(H,25,26)(H,27,28). The van der Waals surface area contributed by atoms with Crippen molar-refractivity contribution in [1.29, 1.82) is 0 Å². The molecule has 0 radical (unpaired) electrons. The van der Waals surface area contributed by atoms with Gasteiger partial charge in [0.2, 0.25) is 0 Å². The van der Waals surface area contributed by atoms with Crippen molar-refractivity contribution < 1.29 is 9.90 Å². The van der Waals surface area contributed by atoms with Crippen LogP contribution < -0.4 is 5.32 Å². The quantitative estimate of drug-likeness (QED) is 0.598. The molecule has 1 amide bonds. The largest absolute Gasteiger partial charge is 0.378 e. The number of carbonyl (C=O) groups is 1. The van der Waals surface area contributed by atoms with E-state index in [1.165, 1.54) is 19.3 Å². The van der Waals surface area contributed by atoms with Gasteiger partial charge in [-0.05, 0) is 53.3 Å². The van der Waals surface area contributed by atoms with Gasteiger partial charge in [-0.3, -0.25) is 4.79 Å². The van der Waals surface area contributed by atoms with Crippen molar-refractivity contribution in [3.63, 3.8) is 0 Å². The van der Waals surface area contributed by atoms with Crippen LogP contribution in [0.15, 0.2) is 48.9 Å². The van der Waals surface area contributed by atoms with E-state index in [0.29, 0.717) is 17.3 Å². The van der Waals surface area contributed by atoms with Gasteiger partial charge in [-0.1, -0.05) is 51.3 Å². The maximum absolute atomic E-state index is 12.7. The van der Waals surface area contributed by atoms with Crippen LogP contribution in [0.4, 0.5) is 0 Å². The third-order valence-corrected chi connectivity index (χ3v) is 6.21. The molecule has 1 aromatic heterocycles. The Morgan fingerprint density at radius 3 is 2.55 bits per heavy atom. The molecule has 1 unspecified atom stereocenters. The summed E-state index contributed by atoms with van der Waals surface area (Å²) in [6.07, 6.45) is 9.13. The Hall–Kier alpha value is -2.66. The first kappa shape index (κ1) is 19.6. The summed E-state index contributed by atoms with van der Waals surface area (Å²) in [5.41, 5.74) is 0.912. The SMILES string of the molecule is CC(C)C(O)(c1ccc2cc(C(=O)NC3CCCCC3)ccc2c1)c1c[nH]cn1. The lowest BCUT2D eigenvalue weighted by molar-refractivity contribution is 0.0280. The first-order valence-corrected chi connectivity index (χ1v) is 10.6. The summed E-state index contributed by atoms with van der Waals surface area (Å²) >= 11 is 0. The van der Waals surface area contributed by atoms with Crippen molar-refractivity contribution in [3.8, 4) is 0 Å². The normalized spacial score (nSPS) is 17.4. The second kappa shape index (κ2) is 7.99. The molecule has 5 heteroatoms. The van der Waals surface area contributed by atoms with Gasteiger partial charge in [0, 0.05) is 17.8 Å². The lowest BCUT2D eigenvalue weighted by Crippen LogP contribution is -2.36. The van der Waals surface area contributed by atoms with Gasteiger partial charge >= 0.3 is 0 Å². The zero-order valence-corrected chi connectivity index (χ0v) is 17.1. The molecule has 0 saturated heterocycles. The number of amides is 1. The number of nitrogens with one attached hydrogen (secondary N) is 2. The molecule has 3 N–H and O–H groups in total. The molecule has 0 bridgehead atoms. The number of H-pyrrole nitrogens is 1. The molecule has 0 spiro atoms. The maximum Gasteiger partial charge on any atom is 0.251 e. The van der Waals surface area contributed by atoms with Gasteiger partial charge in [0.05, 0.1) is 12.0 Å². The number of aromatic amines is 1. The zero-order chi connectivity index (χ0) is 20.4. The highest BCUT2D eigenvalue weighted by atomic mass is 16.3. The van der Waals surface area contributed by atoms with E-state index in [9.17, 15) is 9.90 Å². The minimum Gasteiger partial charge on any atom is -0.378 e. The third kappa shape index (κ3) is 3.79. The Balaban J connectivity index is 1.62. The molecule has 29 heavy (non-hydrogen) atoms. The Bertz CT molecular complexity index is 991. The first-order chi connectivity index (χ1) is 14.0. The smallest absolute Gasteiger partial charge is 0.251 e. The van der Waals surface area contributed by atoms with Crippen LogP contribution in [0.25, 0.3) is 10.8 Å². The van der Waals surface area contributed by atoms with Crippen molar-refractivity contribution in [2.24, 2.45) is 5.92 Å². The number of aliphatic hydroxyl groups is 1. The van der Waals surface area contributed by atoms with E-state index >= 15 is 0 Å². The van der Waals surface area contributed by atoms with Crippen LogP contribution in [0.1, 0.15) is 67.6 Å². The number of aromatic nitrogens is 2. The fraction of sp³-hybridized carbons (Fsp3) is 0.417. The molecule has 1 atom stereocenters. The maximum atomic E-state index is 12.7. The van der Waals surface area contributed by atoms with Crippen molar-refractivity contribution in [1.82, 2.24) is 15.3 Å². The summed E-state index contributed by atoms with van der Waals surface area (Å²) < 4.78 is 0. The van der Waals surface area contributed by atoms with Crippen LogP contribution in [0.5, 0.6) is 0 Å². The second-order valence-corrected chi connectivity index (χ2v) is 8.46. The molecule has 152 valence electrons. The van der Waals surface area contributed by atoms with Crippen LogP contribution in [0, 0.1) is 5.92 Å². The van der Waals surface area contributed by atoms with Crippen LogP contribution in [-0.4, -0.2) is 27.0 Å². The highest BCUT2D eigenvalue weighted by Crippen LogP contribution is 2.36. The first-order valence-electron chi connectivity index (χ1n) is 10.6. The van der Waals surface area contributed by atoms with Gasteiger partial charge in [-0.25, -0.2) is 4.98 Å². The average molecular weight is 392 g/mol. The van der Waals surface area contributed by atoms with Crippen molar-refractivity contribution in [3.05, 3.63) is 65.7 Å². The van der Waals surface area contributed by atoms with E-state index in [1.54, 1.807) is 12.5 Å². The van der Waals surface area contributed by atoms with E-state index in [-0.39, 0.29) is 11.8 Å². The molecular weight excluding hydrogens is 362 g/mol. The van der Waals surface area contributed by atoms with E-state index < -0.39 is 5.60 Å². The number of nitrogens with zero attached hydrogens (tertiary/aromatic N) is 1. The van der Waals surface area contributed by atoms with Crippen molar-refractivity contribution >= 4 is 16.7 Å². The lowest BCUT2D eigenvalue weighted by atomic mass is 9.80. The Kier molecular flexibility index (Phi) is 5.41. The predicted molar refractivity (Wildman–Crippen MR) is 115 cm³/mol. The molecule has 2 aromatic carbocycles. The van der Waals surface area contributed by atoms with Gasteiger partial charge < -0.3 is 15.4 Å². The highest BCUT2D eigenvalue weighted by molar-refractivity contribution is 5.98. The monoisotopic (exact) mass is 391 g/mol. The Labute approximate surface area is 171 Å².